The van der Waals surface area contributed by atoms with E-state index in [4.69, 9.17) is 10.1 Å². The minimum Gasteiger partial charge on any atom is -0.355 e. The first kappa shape index (κ1) is 22.9. The molecular weight excluding hydrogens is 454 g/mol. The van der Waals surface area contributed by atoms with E-state index in [1.165, 1.54) is 5.56 Å². The zero-order valence-electron chi connectivity index (χ0n) is 19.6. The monoisotopic (exact) mass is 481 g/mol. The van der Waals surface area contributed by atoms with Crippen LogP contribution in [0.1, 0.15) is 25.3 Å². The molecule has 0 radical (unpaired) electrons. The first-order valence-electron chi connectivity index (χ1n) is 11.8. The van der Waals surface area contributed by atoms with Crippen LogP contribution in [0.3, 0.4) is 0 Å². The van der Waals surface area contributed by atoms with Gasteiger partial charge in [0.1, 0.15) is 10.4 Å². The van der Waals surface area contributed by atoms with Crippen molar-refractivity contribution in [2.75, 3.05) is 11.9 Å². The molecule has 0 amide bonds. The SMILES string of the molecule is CCCCNc1nc2c(c(SCc3ccccc3)nn2-c2ccccc2)c(=O)n1-c1ccccc1. The van der Waals surface area contributed by atoms with Crippen molar-refractivity contribution in [3.63, 3.8) is 0 Å². The van der Waals surface area contributed by atoms with Crippen molar-refractivity contribution in [2.45, 2.75) is 30.5 Å². The summed E-state index contributed by atoms with van der Waals surface area (Å²) in [6, 6.07) is 29.7. The standard InChI is InChI=1S/C28H27N5OS/c1-2-3-19-29-28-30-25-24(27(34)32(28)22-15-9-5-10-16-22)26(35-20-21-13-7-4-8-14-21)31-33(25)23-17-11-6-12-18-23/h4-18H,2-3,19-20H2,1H3,(H,29,30). The molecule has 5 aromatic rings. The fourth-order valence-electron chi connectivity index (χ4n) is 3.93. The summed E-state index contributed by atoms with van der Waals surface area (Å²) in [7, 11) is 0. The molecule has 0 atom stereocenters. The molecule has 0 unspecified atom stereocenters. The highest BCUT2D eigenvalue weighted by molar-refractivity contribution is 7.98. The lowest BCUT2D eigenvalue weighted by Gasteiger charge is -2.14. The van der Waals surface area contributed by atoms with Crippen LogP contribution < -0.4 is 10.9 Å². The predicted molar refractivity (Wildman–Crippen MR) is 144 cm³/mol. The summed E-state index contributed by atoms with van der Waals surface area (Å²) < 4.78 is 3.45. The van der Waals surface area contributed by atoms with Crippen molar-refractivity contribution < 1.29 is 0 Å². The molecule has 0 aliphatic rings. The van der Waals surface area contributed by atoms with Crippen LogP contribution in [0.2, 0.25) is 0 Å². The van der Waals surface area contributed by atoms with Crippen LogP contribution in [-0.4, -0.2) is 25.9 Å². The smallest absolute Gasteiger partial charge is 0.271 e. The number of fused-ring (bicyclic) bond motifs is 1. The van der Waals surface area contributed by atoms with Crippen molar-refractivity contribution in [1.82, 2.24) is 19.3 Å². The summed E-state index contributed by atoms with van der Waals surface area (Å²) in [5, 5.41) is 9.48. The summed E-state index contributed by atoms with van der Waals surface area (Å²) >= 11 is 1.56. The number of anilines is 1. The van der Waals surface area contributed by atoms with Crippen LogP contribution in [-0.2, 0) is 5.75 Å². The van der Waals surface area contributed by atoms with Crippen LogP contribution in [0.5, 0.6) is 0 Å². The summed E-state index contributed by atoms with van der Waals surface area (Å²) in [6.07, 6.45) is 2.03. The van der Waals surface area contributed by atoms with Gasteiger partial charge in [-0.2, -0.15) is 10.1 Å². The number of hydrogen-bond donors (Lipinski definition) is 1. The average molecular weight is 482 g/mol. The van der Waals surface area contributed by atoms with Crippen LogP contribution in [0.25, 0.3) is 22.4 Å². The molecule has 5 rings (SSSR count). The van der Waals surface area contributed by atoms with Gasteiger partial charge in [-0.15, -0.1) is 0 Å². The predicted octanol–water partition coefficient (Wildman–Crippen LogP) is 6.08. The Morgan fingerprint density at radius 3 is 2.14 bits per heavy atom. The number of para-hydroxylation sites is 2. The molecule has 2 heterocycles. The van der Waals surface area contributed by atoms with Crippen molar-refractivity contribution in [3.8, 4) is 11.4 Å². The second kappa shape index (κ2) is 10.6. The highest BCUT2D eigenvalue weighted by Crippen LogP contribution is 2.30. The molecule has 0 fully saturated rings. The van der Waals surface area contributed by atoms with Gasteiger partial charge in [-0.1, -0.05) is 91.8 Å². The number of nitrogens with one attached hydrogen (secondary N) is 1. The maximum absolute atomic E-state index is 14.1. The fraction of sp³-hybridized carbons (Fsp3) is 0.179. The lowest BCUT2D eigenvalue weighted by Crippen LogP contribution is -2.24. The van der Waals surface area contributed by atoms with E-state index in [0.29, 0.717) is 27.8 Å². The number of hydrogen-bond acceptors (Lipinski definition) is 5. The summed E-state index contributed by atoms with van der Waals surface area (Å²) in [5.74, 6) is 1.24. The molecule has 7 heteroatoms. The number of benzene rings is 3. The largest absolute Gasteiger partial charge is 0.355 e. The summed E-state index contributed by atoms with van der Waals surface area (Å²) in [5.41, 5.74) is 3.25. The van der Waals surface area contributed by atoms with Gasteiger partial charge >= 0.3 is 0 Å². The third kappa shape index (κ3) is 4.86. The molecule has 0 saturated heterocycles. The lowest BCUT2D eigenvalue weighted by molar-refractivity contribution is 0.813. The normalized spacial score (nSPS) is 11.1. The summed E-state index contributed by atoms with van der Waals surface area (Å²) in [6.45, 7) is 2.87. The van der Waals surface area contributed by atoms with Crippen molar-refractivity contribution in [1.29, 1.82) is 0 Å². The van der Waals surface area contributed by atoms with E-state index in [1.807, 2.05) is 78.9 Å². The van der Waals surface area contributed by atoms with Crippen molar-refractivity contribution >= 4 is 28.7 Å². The number of nitrogens with zero attached hydrogens (tertiary/aromatic N) is 4. The molecular formula is C28H27N5OS. The van der Waals surface area contributed by atoms with Gasteiger partial charge in [0.25, 0.3) is 5.56 Å². The Bertz CT molecular complexity index is 1460. The number of aromatic nitrogens is 4. The van der Waals surface area contributed by atoms with Gasteiger partial charge < -0.3 is 5.32 Å². The van der Waals surface area contributed by atoms with E-state index >= 15 is 0 Å². The van der Waals surface area contributed by atoms with E-state index < -0.39 is 0 Å². The molecule has 0 bridgehead atoms. The maximum atomic E-state index is 14.1. The molecule has 35 heavy (non-hydrogen) atoms. The average Bonchev–Trinajstić information content (AvgIpc) is 3.28. The maximum Gasteiger partial charge on any atom is 0.271 e. The number of unbranched alkanes of at least 4 members (excludes halogenated alkanes) is 1. The van der Waals surface area contributed by atoms with Gasteiger partial charge in [0.05, 0.1) is 11.4 Å². The van der Waals surface area contributed by atoms with Crippen LogP contribution in [0.15, 0.2) is 101 Å². The Hall–Kier alpha value is -3.84. The quantitative estimate of drug-likeness (QED) is 0.204. The lowest BCUT2D eigenvalue weighted by atomic mass is 10.2. The Morgan fingerprint density at radius 1 is 0.857 bits per heavy atom. The highest BCUT2D eigenvalue weighted by Gasteiger charge is 2.22. The van der Waals surface area contributed by atoms with Crippen LogP contribution in [0.4, 0.5) is 5.95 Å². The van der Waals surface area contributed by atoms with E-state index in [2.05, 4.69) is 24.4 Å². The number of rotatable bonds is 9. The first-order chi connectivity index (χ1) is 17.3. The second-order valence-electron chi connectivity index (χ2n) is 8.22. The van der Waals surface area contributed by atoms with Crippen molar-refractivity contribution in [3.05, 3.63) is 107 Å². The van der Waals surface area contributed by atoms with Gasteiger partial charge in [-0.25, -0.2) is 9.25 Å². The zero-order valence-corrected chi connectivity index (χ0v) is 20.4. The van der Waals surface area contributed by atoms with Crippen molar-refractivity contribution in [2.24, 2.45) is 0 Å². The van der Waals surface area contributed by atoms with Gasteiger partial charge in [-0.3, -0.25) is 4.79 Å². The first-order valence-corrected chi connectivity index (χ1v) is 12.8. The highest BCUT2D eigenvalue weighted by atomic mass is 32.2. The molecule has 6 nitrogen and oxygen atoms in total. The molecule has 1 N–H and O–H groups in total. The van der Waals surface area contributed by atoms with E-state index in [1.54, 1.807) is 21.0 Å². The van der Waals surface area contributed by atoms with E-state index in [9.17, 15) is 4.79 Å². The van der Waals surface area contributed by atoms with Crippen LogP contribution in [0, 0.1) is 0 Å². The number of thioether (sulfide) groups is 1. The Kier molecular flexibility index (Phi) is 6.95. The molecule has 2 aromatic heterocycles. The Labute approximate surface area is 208 Å². The van der Waals surface area contributed by atoms with Crippen LogP contribution >= 0.6 is 11.8 Å². The zero-order chi connectivity index (χ0) is 24.0. The molecule has 176 valence electrons. The third-order valence-electron chi connectivity index (χ3n) is 5.72. The molecule has 0 spiro atoms. The minimum absolute atomic E-state index is 0.127. The van der Waals surface area contributed by atoms with Gasteiger partial charge in [0, 0.05) is 12.3 Å². The molecule has 3 aromatic carbocycles. The fourth-order valence-corrected chi connectivity index (χ4v) is 4.88. The molecule has 0 aliphatic heterocycles. The minimum atomic E-state index is -0.127. The third-order valence-corrected chi connectivity index (χ3v) is 6.75. The Balaban J connectivity index is 1.71. The van der Waals surface area contributed by atoms with Gasteiger partial charge in [-0.05, 0) is 36.2 Å². The van der Waals surface area contributed by atoms with Gasteiger partial charge in [0.2, 0.25) is 5.95 Å². The topological polar surface area (TPSA) is 64.7 Å². The Morgan fingerprint density at radius 2 is 1.49 bits per heavy atom. The molecule has 0 saturated carbocycles. The second-order valence-corrected chi connectivity index (χ2v) is 9.18. The van der Waals surface area contributed by atoms with Gasteiger partial charge in [0.15, 0.2) is 5.65 Å². The molecule has 0 aliphatic carbocycles. The van der Waals surface area contributed by atoms with E-state index in [-0.39, 0.29) is 5.56 Å². The summed E-state index contributed by atoms with van der Waals surface area (Å²) in [4.78, 5) is 19.1. The van der Waals surface area contributed by atoms with E-state index in [0.717, 1.165) is 30.8 Å².